The molecule has 0 bridgehead atoms. The highest BCUT2D eigenvalue weighted by atomic mass is 16.4. The van der Waals surface area contributed by atoms with E-state index in [1.807, 2.05) is 0 Å². The molecule has 2 N–H and O–H groups in total. The summed E-state index contributed by atoms with van der Waals surface area (Å²) in [5.41, 5.74) is -1.67. The summed E-state index contributed by atoms with van der Waals surface area (Å²) in [4.78, 5) is 50.0. The van der Waals surface area contributed by atoms with Gasteiger partial charge in [0.05, 0.1) is 16.6 Å². The molecular weight excluding hydrogens is 282 g/mol. The first-order chi connectivity index (χ1) is 9.77. The van der Waals surface area contributed by atoms with Crippen LogP contribution >= 0.6 is 0 Å². The Labute approximate surface area is 116 Å². The molecule has 110 valence electrons. The predicted molar refractivity (Wildman–Crippen MR) is 70.2 cm³/mol. The lowest BCUT2D eigenvalue weighted by Crippen LogP contribution is -2.38. The Hall–Kier alpha value is -2.97. The quantitative estimate of drug-likeness (QED) is 0.685. The van der Waals surface area contributed by atoms with Gasteiger partial charge in [0.15, 0.2) is 5.92 Å². The van der Waals surface area contributed by atoms with Gasteiger partial charge in [-0.25, -0.2) is 4.79 Å². The Morgan fingerprint density at radius 3 is 2.24 bits per heavy atom. The van der Waals surface area contributed by atoms with E-state index in [2.05, 4.69) is 4.98 Å². The van der Waals surface area contributed by atoms with Crippen molar-refractivity contribution >= 4 is 22.8 Å². The molecule has 0 fully saturated rings. The standard InChI is InChI=1S/C12H11N3O6/c1-14-5-3-4-13-8(7(10(17)18)11(19)20)6(5)9(16)15(2)12(14)21/h3-4,7H,1-2H3,(H,17,18)(H,19,20). The van der Waals surface area contributed by atoms with Crippen LogP contribution in [0, 0.1) is 0 Å². The van der Waals surface area contributed by atoms with Crippen molar-refractivity contribution in [2.75, 3.05) is 0 Å². The SMILES string of the molecule is Cn1c(=O)c2c(C(C(=O)O)C(=O)O)nccc2n(C)c1=O. The zero-order chi connectivity index (χ0) is 15.9. The van der Waals surface area contributed by atoms with E-state index >= 15 is 0 Å². The van der Waals surface area contributed by atoms with Gasteiger partial charge in [-0.05, 0) is 6.07 Å². The van der Waals surface area contributed by atoms with E-state index in [0.717, 1.165) is 15.3 Å². The number of carbonyl (C=O) groups is 2. The molecule has 9 heteroatoms. The average Bonchev–Trinajstić information content (AvgIpc) is 2.41. The van der Waals surface area contributed by atoms with E-state index in [4.69, 9.17) is 10.2 Å². The molecule has 2 aromatic rings. The second kappa shape index (κ2) is 4.85. The highest BCUT2D eigenvalue weighted by Gasteiger charge is 2.32. The van der Waals surface area contributed by atoms with Crippen LogP contribution in [0.3, 0.4) is 0 Å². The van der Waals surface area contributed by atoms with Gasteiger partial charge in [0, 0.05) is 20.3 Å². The van der Waals surface area contributed by atoms with Crippen LogP contribution in [0.1, 0.15) is 11.6 Å². The molecule has 0 aliphatic carbocycles. The minimum atomic E-state index is -1.99. The third-order valence-electron chi connectivity index (χ3n) is 3.18. The second-order valence-corrected chi connectivity index (χ2v) is 4.41. The molecular formula is C12H11N3O6. The van der Waals surface area contributed by atoms with E-state index in [-0.39, 0.29) is 10.9 Å². The minimum absolute atomic E-state index is 0.126. The summed E-state index contributed by atoms with van der Waals surface area (Å²) in [6.45, 7) is 0. The van der Waals surface area contributed by atoms with Crippen LogP contribution in [0.15, 0.2) is 21.9 Å². The van der Waals surface area contributed by atoms with Crippen LogP contribution in [0.2, 0.25) is 0 Å². The molecule has 0 aliphatic heterocycles. The molecule has 0 radical (unpaired) electrons. The average molecular weight is 293 g/mol. The maximum absolute atomic E-state index is 12.2. The first kappa shape index (κ1) is 14.4. The summed E-state index contributed by atoms with van der Waals surface area (Å²) in [5.74, 6) is -5.27. The molecule has 0 aliphatic rings. The van der Waals surface area contributed by atoms with Crippen LogP contribution in [-0.2, 0) is 23.7 Å². The maximum Gasteiger partial charge on any atom is 0.330 e. The summed E-state index contributed by atoms with van der Waals surface area (Å²) >= 11 is 0. The Kier molecular flexibility index (Phi) is 3.34. The Morgan fingerprint density at radius 1 is 1.14 bits per heavy atom. The van der Waals surface area contributed by atoms with Crippen LogP contribution in [0.25, 0.3) is 10.9 Å². The monoisotopic (exact) mass is 293 g/mol. The van der Waals surface area contributed by atoms with Gasteiger partial charge in [-0.3, -0.25) is 28.5 Å². The number of aromatic nitrogens is 3. The summed E-state index contributed by atoms with van der Waals surface area (Å²) < 4.78 is 1.90. The molecule has 2 rings (SSSR count). The molecule has 2 aromatic heterocycles. The fraction of sp³-hybridized carbons (Fsp3) is 0.250. The number of carboxylic acid groups (broad SMARTS) is 2. The lowest BCUT2D eigenvalue weighted by Gasteiger charge is -2.12. The Bertz CT molecular complexity index is 865. The van der Waals surface area contributed by atoms with E-state index in [9.17, 15) is 19.2 Å². The van der Waals surface area contributed by atoms with Gasteiger partial charge in [-0.2, -0.15) is 0 Å². The van der Waals surface area contributed by atoms with Crippen molar-refractivity contribution < 1.29 is 19.8 Å². The summed E-state index contributed by atoms with van der Waals surface area (Å²) in [6.07, 6.45) is 1.16. The van der Waals surface area contributed by atoms with Crippen molar-refractivity contribution in [3.63, 3.8) is 0 Å². The van der Waals surface area contributed by atoms with E-state index in [0.29, 0.717) is 0 Å². The van der Waals surface area contributed by atoms with Crippen molar-refractivity contribution in [3.8, 4) is 0 Å². The van der Waals surface area contributed by atoms with Crippen molar-refractivity contribution in [2.24, 2.45) is 14.1 Å². The smallest absolute Gasteiger partial charge is 0.330 e. The predicted octanol–water partition coefficient (Wildman–Crippen LogP) is -1.11. The van der Waals surface area contributed by atoms with Crippen LogP contribution in [-0.4, -0.2) is 36.3 Å². The normalized spacial score (nSPS) is 11.0. The molecule has 2 heterocycles. The number of pyridine rings is 1. The fourth-order valence-electron chi connectivity index (χ4n) is 2.11. The molecule has 0 aromatic carbocycles. The molecule has 0 amide bonds. The van der Waals surface area contributed by atoms with Crippen LogP contribution in [0.5, 0.6) is 0 Å². The zero-order valence-electron chi connectivity index (χ0n) is 11.1. The molecule has 0 unspecified atom stereocenters. The van der Waals surface area contributed by atoms with E-state index in [1.165, 1.54) is 20.2 Å². The first-order valence-electron chi connectivity index (χ1n) is 5.77. The third kappa shape index (κ3) is 2.08. The first-order valence-corrected chi connectivity index (χ1v) is 5.77. The van der Waals surface area contributed by atoms with Crippen LogP contribution < -0.4 is 11.2 Å². The molecule has 0 saturated carbocycles. The molecule has 0 atom stereocenters. The van der Waals surface area contributed by atoms with Gasteiger partial charge in [0.1, 0.15) is 0 Å². The number of hydrogen-bond acceptors (Lipinski definition) is 5. The Morgan fingerprint density at radius 2 is 1.71 bits per heavy atom. The molecule has 9 nitrogen and oxygen atoms in total. The summed E-state index contributed by atoms with van der Waals surface area (Å²) in [6, 6.07) is 1.35. The largest absolute Gasteiger partial charge is 0.480 e. The van der Waals surface area contributed by atoms with Gasteiger partial charge in [0.25, 0.3) is 5.56 Å². The van der Waals surface area contributed by atoms with Gasteiger partial charge >= 0.3 is 17.6 Å². The number of hydrogen-bond donors (Lipinski definition) is 2. The Balaban J connectivity index is 3.03. The van der Waals surface area contributed by atoms with Gasteiger partial charge in [0.2, 0.25) is 0 Å². The summed E-state index contributed by atoms with van der Waals surface area (Å²) in [5, 5.41) is 17.9. The molecule has 0 spiro atoms. The van der Waals surface area contributed by atoms with Crippen molar-refractivity contribution in [1.82, 2.24) is 14.1 Å². The van der Waals surface area contributed by atoms with E-state index in [1.54, 1.807) is 0 Å². The number of fused-ring (bicyclic) bond motifs is 1. The second-order valence-electron chi connectivity index (χ2n) is 4.41. The van der Waals surface area contributed by atoms with Gasteiger partial charge < -0.3 is 10.2 Å². The molecule has 21 heavy (non-hydrogen) atoms. The van der Waals surface area contributed by atoms with E-state index < -0.39 is 34.8 Å². The van der Waals surface area contributed by atoms with Gasteiger partial charge in [-0.1, -0.05) is 0 Å². The van der Waals surface area contributed by atoms with Crippen molar-refractivity contribution in [3.05, 3.63) is 38.8 Å². The lowest BCUT2D eigenvalue weighted by molar-refractivity contribution is -0.150. The number of nitrogens with zero attached hydrogens (tertiary/aromatic N) is 3. The highest BCUT2D eigenvalue weighted by Crippen LogP contribution is 2.20. The van der Waals surface area contributed by atoms with Gasteiger partial charge in [-0.15, -0.1) is 0 Å². The highest BCUT2D eigenvalue weighted by molar-refractivity contribution is 6.02. The number of aliphatic carboxylic acids is 2. The zero-order valence-corrected chi connectivity index (χ0v) is 11.1. The third-order valence-corrected chi connectivity index (χ3v) is 3.18. The minimum Gasteiger partial charge on any atom is -0.480 e. The number of carboxylic acids is 2. The maximum atomic E-state index is 12.2. The lowest BCUT2D eigenvalue weighted by atomic mass is 10.0. The van der Waals surface area contributed by atoms with Crippen molar-refractivity contribution in [2.45, 2.75) is 5.92 Å². The molecule has 0 saturated heterocycles. The topological polar surface area (TPSA) is 131 Å². The fourth-order valence-corrected chi connectivity index (χ4v) is 2.11. The number of aryl methyl sites for hydroxylation is 1. The summed E-state index contributed by atoms with van der Waals surface area (Å²) in [7, 11) is 2.61. The van der Waals surface area contributed by atoms with Crippen LogP contribution in [0.4, 0.5) is 0 Å². The van der Waals surface area contributed by atoms with Crippen molar-refractivity contribution in [1.29, 1.82) is 0 Å². The number of rotatable bonds is 3.